The average Bonchev–Trinajstić information content (AvgIpc) is 2.94. The summed E-state index contributed by atoms with van der Waals surface area (Å²) in [5.74, 6) is 0.754. The minimum absolute atomic E-state index is 0.0555. The number of benzene rings is 1. The van der Waals surface area contributed by atoms with Gasteiger partial charge in [0.1, 0.15) is 10.6 Å². The van der Waals surface area contributed by atoms with E-state index in [0.29, 0.717) is 24.8 Å². The van der Waals surface area contributed by atoms with Gasteiger partial charge in [-0.2, -0.15) is 5.26 Å². The smallest absolute Gasteiger partial charge is 0.262 e. The maximum atomic E-state index is 12.9. The van der Waals surface area contributed by atoms with Crippen LogP contribution in [0, 0.1) is 18.3 Å². The van der Waals surface area contributed by atoms with E-state index in [-0.39, 0.29) is 5.56 Å². The van der Waals surface area contributed by atoms with Crippen molar-refractivity contribution in [1.82, 2.24) is 9.55 Å². The van der Waals surface area contributed by atoms with E-state index in [9.17, 15) is 4.79 Å². The predicted octanol–water partition coefficient (Wildman–Crippen LogP) is 3.75. The van der Waals surface area contributed by atoms with Crippen LogP contribution < -0.4 is 10.3 Å². The van der Waals surface area contributed by atoms with Crippen LogP contribution in [0.3, 0.4) is 0 Å². The van der Waals surface area contributed by atoms with Crippen molar-refractivity contribution in [2.45, 2.75) is 26.3 Å². The fourth-order valence-electron chi connectivity index (χ4n) is 2.75. The molecule has 0 N–H and O–H groups in total. The van der Waals surface area contributed by atoms with Crippen LogP contribution in [-0.2, 0) is 6.54 Å². The van der Waals surface area contributed by atoms with Crippen molar-refractivity contribution in [2.24, 2.45) is 0 Å². The molecule has 24 heavy (non-hydrogen) atoms. The number of aryl methyl sites for hydroxylation is 2. The van der Waals surface area contributed by atoms with E-state index in [1.807, 2.05) is 31.2 Å². The summed E-state index contributed by atoms with van der Waals surface area (Å²) >= 11 is 1.52. The number of ether oxygens (including phenoxy) is 1. The fourth-order valence-corrected chi connectivity index (χ4v) is 3.75. The third-order valence-electron chi connectivity index (χ3n) is 3.90. The van der Waals surface area contributed by atoms with Gasteiger partial charge in [-0.3, -0.25) is 9.36 Å². The van der Waals surface area contributed by atoms with Crippen molar-refractivity contribution >= 4 is 21.6 Å². The summed E-state index contributed by atoms with van der Waals surface area (Å²) < 4.78 is 6.89. The number of methoxy groups -OCH3 is 1. The first-order valence-electron chi connectivity index (χ1n) is 7.65. The lowest BCUT2D eigenvalue weighted by Gasteiger charge is -2.07. The Balaban J connectivity index is 2.17. The maximum absolute atomic E-state index is 12.9. The summed E-state index contributed by atoms with van der Waals surface area (Å²) in [6, 6.07) is 9.80. The normalized spacial score (nSPS) is 10.7. The summed E-state index contributed by atoms with van der Waals surface area (Å²) in [6.07, 6.45) is 2.64. The Kier molecular flexibility index (Phi) is 4.63. The minimum atomic E-state index is -0.0555. The number of rotatable bonds is 5. The standard InChI is InChI=1S/C18H17N3O2S/c1-12-15(13-6-5-7-14(10-13)23-2)16-17(24-12)20-11-21(18(16)22)9-4-3-8-19/h5-7,10-11H,3-4,9H2,1-2H3. The quantitative estimate of drug-likeness (QED) is 0.664. The SMILES string of the molecule is COc1cccc(-c2c(C)sc3ncn(CCCC#N)c(=O)c23)c1. The van der Waals surface area contributed by atoms with E-state index in [1.54, 1.807) is 18.0 Å². The van der Waals surface area contributed by atoms with Crippen molar-refractivity contribution in [3.63, 3.8) is 0 Å². The monoisotopic (exact) mass is 339 g/mol. The first-order valence-corrected chi connectivity index (χ1v) is 8.47. The highest BCUT2D eigenvalue weighted by molar-refractivity contribution is 7.19. The van der Waals surface area contributed by atoms with Crippen LogP contribution in [0.1, 0.15) is 17.7 Å². The van der Waals surface area contributed by atoms with Crippen molar-refractivity contribution in [2.75, 3.05) is 7.11 Å². The lowest BCUT2D eigenvalue weighted by Crippen LogP contribution is -2.20. The first-order chi connectivity index (χ1) is 11.7. The summed E-state index contributed by atoms with van der Waals surface area (Å²) in [5.41, 5.74) is 1.81. The zero-order valence-corrected chi connectivity index (χ0v) is 14.4. The molecule has 5 nitrogen and oxygen atoms in total. The average molecular weight is 339 g/mol. The summed E-state index contributed by atoms with van der Waals surface area (Å²) in [7, 11) is 1.63. The third-order valence-corrected chi connectivity index (χ3v) is 4.91. The molecule has 0 bridgehead atoms. The van der Waals surface area contributed by atoms with Gasteiger partial charge in [0, 0.05) is 23.4 Å². The molecule has 0 fully saturated rings. The summed E-state index contributed by atoms with van der Waals surface area (Å²) in [4.78, 5) is 19.1. The molecule has 0 atom stereocenters. The Labute approximate surface area is 143 Å². The summed E-state index contributed by atoms with van der Waals surface area (Å²) in [6.45, 7) is 2.50. The van der Waals surface area contributed by atoms with Crippen molar-refractivity contribution in [3.05, 3.63) is 45.8 Å². The Morgan fingerprint density at radius 1 is 1.42 bits per heavy atom. The number of nitrogens with zero attached hydrogens (tertiary/aromatic N) is 3. The molecule has 0 spiro atoms. The van der Waals surface area contributed by atoms with Gasteiger partial charge < -0.3 is 4.74 Å². The maximum Gasteiger partial charge on any atom is 0.262 e. The molecule has 0 saturated carbocycles. The zero-order valence-electron chi connectivity index (χ0n) is 13.6. The largest absolute Gasteiger partial charge is 0.497 e. The fraction of sp³-hybridized carbons (Fsp3) is 0.278. The molecule has 1 aromatic carbocycles. The molecule has 0 aliphatic carbocycles. The first kappa shape index (κ1) is 16.2. The molecule has 0 saturated heterocycles. The van der Waals surface area contributed by atoms with Crippen LogP contribution in [-0.4, -0.2) is 16.7 Å². The van der Waals surface area contributed by atoms with Gasteiger partial charge in [0.25, 0.3) is 5.56 Å². The molecule has 0 amide bonds. The molecule has 6 heteroatoms. The molecule has 0 aliphatic heterocycles. The van der Waals surface area contributed by atoms with Crippen LogP contribution in [0.15, 0.2) is 35.4 Å². The van der Waals surface area contributed by atoms with Gasteiger partial charge >= 0.3 is 0 Å². The van der Waals surface area contributed by atoms with Crippen LogP contribution >= 0.6 is 11.3 Å². The number of fused-ring (bicyclic) bond motifs is 1. The number of nitriles is 1. The predicted molar refractivity (Wildman–Crippen MR) is 95.5 cm³/mol. The van der Waals surface area contributed by atoms with Crippen LogP contribution in [0.25, 0.3) is 21.3 Å². The topological polar surface area (TPSA) is 67.9 Å². The minimum Gasteiger partial charge on any atom is -0.497 e. The van der Waals surface area contributed by atoms with Crippen molar-refractivity contribution in [1.29, 1.82) is 5.26 Å². The van der Waals surface area contributed by atoms with Gasteiger partial charge in [0.05, 0.1) is 24.9 Å². The molecular formula is C18H17N3O2S. The van der Waals surface area contributed by atoms with E-state index < -0.39 is 0 Å². The molecule has 0 radical (unpaired) electrons. The van der Waals surface area contributed by atoms with E-state index in [4.69, 9.17) is 10.00 Å². The number of hydrogen-bond acceptors (Lipinski definition) is 5. The molecular weight excluding hydrogens is 322 g/mol. The van der Waals surface area contributed by atoms with Gasteiger partial charge in [-0.05, 0) is 31.0 Å². The number of aromatic nitrogens is 2. The second-order valence-corrected chi connectivity index (χ2v) is 6.65. The van der Waals surface area contributed by atoms with E-state index in [1.165, 1.54) is 11.3 Å². The van der Waals surface area contributed by atoms with Crippen LogP contribution in [0.4, 0.5) is 0 Å². The second-order valence-electron chi connectivity index (χ2n) is 5.45. The highest BCUT2D eigenvalue weighted by atomic mass is 32.1. The van der Waals surface area contributed by atoms with Crippen molar-refractivity contribution in [3.8, 4) is 22.9 Å². The number of hydrogen-bond donors (Lipinski definition) is 0. The zero-order chi connectivity index (χ0) is 17.1. The Morgan fingerprint density at radius 2 is 2.25 bits per heavy atom. The Bertz CT molecular complexity index is 982. The molecule has 122 valence electrons. The highest BCUT2D eigenvalue weighted by Gasteiger charge is 2.17. The van der Waals surface area contributed by atoms with E-state index in [2.05, 4.69) is 11.1 Å². The second kappa shape index (κ2) is 6.85. The Morgan fingerprint density at radius 3 is 3.00 bits per heavy atom. The third kappa shape index (κ3) is 2.91. The molecule has 3 aromatic rings. The summed E-state index contributed by atoms with van der Waals surface area (Å²) in [5, 5.41) is 9.31. The van der Waals surface area contributed by atoms with Gasteiger partial charge in [-0.15, -0.1) is 11.3 Å². The molecule has 2 heterocycles. The van der Waals surface area contributed by atoms with E-state index >= 15 is 0 Å². The molecule has 3 rings (SSSR count). The lowest BCUT2D eigenvalue weighted by atomic mass is 10.0. The lowest BCUT2D eigenvalue weighted by molar-refractivity contribution is 0.415. The molecule has 2 aromatic heterocycles. The van der Waals surface area contributed by atoms with Gasteiger partial charge in [-0.1, -0.05) is 12.1 Å². The number of unbranched alkanes of at least 4 members (excludes halogenated alkanes) is 1. The Hall–Kier alpha value is -2.65. The molecule has 0 aliphatic rings. The van der Waals surface area contributed by atoms with Crippen molar-refractivity contribution < 1.29 is 4.74 Å². The van der Waals surface area contributed by atoms with E-state index in [0.717, 1.165) is 26.6 Å². The number of thiophene rings is 1. The van der Waals surface area contributed by atoms with Gasteiger partial charge in [0.2, 0.25) is 0 Å². The molecule has 0 unspecified atom stereocenters. The van der Waals surface area contributed by atoms with Gasteiger partial charge in [0.15, 0.2) is 0 Å². The van der Waals surface area contributed by atoms with Crippen LogP contribution in [0.2, 0.25) is 0 Å². The highest BCUT2D eigenvalue weighted by Crippen LogP contribution is 2.36. The van der Waals surface area contributed by atoms with Gasteiger partial charge in [-0.25, -0.2) is 4.98 Å². The van der Waals surface area contributed by atoms with Crippen LogP contribution in [0.5, 0.6) is 5.75 Å².